The van der Waals surface area contributed by atoms with Crippen molar-refractivity contribution in [1.29, 1.82) is 0 Å². The number of furan rings is 1. The molecule has 0 bridgehead atoms. The Morgan fingerprint density at radius 3 is 2.46 bits per heavy atom. The number of aromatic carboxylic acids is 1. The van der Waals surface area contributed by atoms with E-state index in [1.807, 2.05) is 11.8 Å². The van der Waals surface area contributed by atoms with Crippen molar-refractivity contribution in [3.63, 3.8) is 0 Å². The number of piperazine rings is 1. The van der Waals surface area contributed by atoms with Crippen LogP contribution in [0.5, 0.6) is 0 Å². The second-order valence-corrected chi connectivity index (χ2v) is 7.99. The number of aromatic nitrogens is 1. The molecule has 0 aliphatic carbocycles. The smallest absolute Gasteiger partial charge is 0.335 e. The van der Waals surface area contributed by atoms with Crippen LogP contribution in [-0.2, 0) is 16.4 Å². The third-order valence-corrected chi connectivity index (χ3v) is 6.12. The summed E-state index contributed by atoms with van der Waals surface area (Å²) in [4.78, 5) is 17.7. The van der Waals surface area contributed by atoms with E-state index in [0.29, 0.717) is 36.8 Å². The molecule has 1 aliphatic rings. The molecule has 0 atom stereocenters. The zero-order valence-corrected chi connectivity index (χ0v) is 15.5. The normalized spacial score (nSPS) is 16.0. The van der Waals surface area contributed by atoms with Crippen molar-refractivity contribution in [1.82, 2.24) is 9.29 Å². The molecule has 3 heterocycles. The van der Waals surface area contributed by atoms with Crippen LogP contribution in [-0.4, -0.2) is 55.0 Å². The fourth-order valence-electron chi connectivity index (χ4n) is 2.87. The number of carbonyl (C=O) groups is 1. The van der Waals surface area contributed by atoms with Gasteiger partial charge in [-0.15, -0.1) is 0 Å². The highest BCUT2D eigenvalue weighted by atomic mass is 32.2. The molecular formula is C17H21N3O5S. The molecule has 3 rings (SSSR count). The third kappa shape index (κ3) is 3.58. The lowest BCUT2D eigenvalue weighted by atomic mass is 10.2. The molecule has 1 N–H and O–H groups in total. The zero-order chi connectivity index (χ0) is 18.9. The second-order valence-electron chi connectivity index (χ2n) is 6.12. The second kappa shape index (κ2) is 7.08. The average molecular weight is 379 g/mol. The van der Waals surface area contributed by atoms with Crippen molar-refractivity contribution in [2.24, 2.45) is 0 Å². The van der Waals surface area contributed by atoms with Crippen LogP contribution in [0.25, 0.3) is 0 Å². The van der Waals surface area contributed by atoms with Crippen molar-refractivity contribution in [2.45, 2.75) is 25.4 Å². The van der Waals surface area contributed by atoms with Gasteiger partial charge in [0.25, 0.3) is 10.0 Å². The molecule has 0 saturated carbocycles. The van der Waals surface area contributed by atoms with Crippen LogP contribution in [0.15, 0.2) is 33.8 Å². The molecule has 1 fully saturated rings. The molecular weight excluding hydrogens is 358 g/mol. The average Bonchev–Trinajstić information content (AvgIpc) is 3.08. The monoisotopic (exact) mass is 379 g/mol. The number of sulfonamides is 1. The van der Waals surface area contributed by atoms with E-state index in [9.17, 15) is 18.3 Å². The Morgan fingerprint density at radius 2 is 1.92 bits per heavy atom. The molecule has 0 radical (unpaired) electrons. The van der Waals surface area contributed by atoms with Crippen LogP contribution in [0.4, 0.5) is 5.82 Å². The molecule has 0 amide bonds. The largest absolute Gasteiger partial charge is 0.478 e. The fraction of sp³-hybridized carbons (Fsp3) is 0.412. The van der Waals surface area contributed by atoms with Crippen molar-refractivity contribution in [3.05, 3.63) is 41.3 Å². The predicted molar refractivity (Wildman–Crippen MR) is 95.0 cm³/mol. The molecule has 0 aromatic carbocycles. The summed E-state index contributed by atoms with van der Waals surface area (Å²) >= 11 is 0. The lowest BCUT2D eigenvalue weighted by molar-refractivity contribution is 0.0696. The molecule has 9 heteroatoms. The van der Waals surface area contributed by atoms with Gasteiger partial charge in [0, 0.05) is 31.9 Å². The molecule has 1 saturated heterocycles. The Kier molecular flexibility index (Phi) is 5.01. The molecule has 8 nitrogen and oxygen atoms in total. The Labute approximate surface area is 152 Å². The van der Waals surface area contributed by atoms with Gasteiger partial charge in [0.1, 0.15) is 11.6 Å². The molecule has 0 spiro atoms. The number of carboxylic acids is 1. The minimum Gasteiger partial charge on any atom is -0.478 e. The van der Waals surface area contributed by atoms with Crippen molar-refractivity contribution < 1.29 is 22.7 Å². The summed E-state index contributed by atoms with van der Waals surface area (Å²) in [6, 6.07) is 6.17. The number of rotatable bonds is 5. The number of anilines is 1. The summed E-state index contributed by atoms with van der Waals surface area (Å²) in [7, 11) is -3.66. The van der Waals surface area contributed by atoms with Gasteiger partial charge in [-0.2, -0.15) is 4.31 Å². The van der Waals surface area contributed by atoms with Crippen LogP contribution in [0.2, 0.25) is 0 Å². The van der Waals surface area contributed by atoms with Gasteiger partial charge in [-0.1, -0.05) is 6.92 Å². The Hall–Kier alpha value is -2.39. The summed E-state index contributed by atoms with van der Waals surface area (Å²) in [6.07, 6.45) is 0.625. The van der Waals surface area contributed by atoms with E-state index in [1.165, 1.54) is 16.4 Å². The first-order chi connectivity index (χ1) is 12.3. The first-order valence-corrected chi connectivity index (χ1v) is 9.81. The van der Waals surface area contributed by atoms with Crippen LogP contribution >= 0.6 is 0 Å². The van der Waals surface area contributed by atoms with E-state index in [2.05, 4.69) is 4.98 Å². The molecule has 2 aromatic heterocycles. The van der Waals surface area contributed by atoms with Crippen molar-refractivity contribution in [3.8, 4) is 0 Å². The van der Waals surface area contributed by atoms with E-state index in [0.717, 1.165) is 0 Å². The minimum absolute atomic E-state index is 0.0530. The number of hydrogen-bond acceptors (Lipinski definition) is 6. The minimum atomic E-state index is -3.66. The molecule has 2 aromatic rings. The lowest BCUT2D eigenvalue weighted by Crippen LogP contribution is -2.49. The van der Waals surface area contributed by atoms with E-state index in [-0.39, 0.29) is 23.7 Å². The maximum atomic E-state index is 12.6. The topological polar surface area (TPSA) is 104 Å². The fourth-order valence-corrected chi connectivity index (χ4v) is 4.25. The SMILES string of the molecule is CCc1cc(C(=O)O)cc(N2CCN(S(=O)(=O)c3ccc(C)o3)CC2)n1. The first-order valence-electron chi connectivity index (χ1n) is 8.37. The quantitative estimate of drug-likeness (QED) is 0.844. The Balaban J connectivity index is 1.76. The summed E-state index contributed by atoms with van der Waals surface area (Å²) in [6.45, 7) is 5.03. The maximum Gasteiger partial charge on any atom is 0.335 e. The van der Waals surface area contributed by atoms with Crippen LogP contribution in [0.3, 0.4) is 0 Å². The Morgan fingerprint density at radius 1 is 1.23 bits per heavy atom. The van der Waals surface area contributed by atoms with Gasteiger partial charge in [0.15, 0.2) is 0 Å². The van der Waals surface area contributed by atoms with E-state index >= 15 is 0 Å². The number of hydrogen-bond donors (Lipinski definition) is 1. The highest BCUT2D eigenvalue weighted by Crippen LogP contribution is 2.22. The summed E-state index contributed by atoms with van der Waals surface area (Å²) < 4.78 is 31.9. The van der Waals surface area contributed by atoms with Crippen molar-refractivity contribution in [2.75, 3.05) is 31.1 Å². The van der Waals surface area contributed by atoms with Gasteiger partial charge in [-0.3, -0.25) is 0 Å². The summed E-state index contributed by atoms with van der Waals surface area (Å²) in [5, 5.41) is 9.21. The number of carboxylic acid groups (broad SMARTS) is 1. The zero-order valence-electron chi connectivity index (χ0n) is 14.7. The molecule has 1 aliphatic heterocycles. The Bertz CT molecular complexity index is 914. The van der Waals surface area contributed by atoms with Crippen molar-refractivity contribution >= 4 is 21.8 Å². The number of aryl methyl sites for hydroxylation is 2. The first kappa shape index (κ1) is 18.4. The van der Waals surface area contributed by atoms with E-state index in [4.69, 9.17) is 4.42 Å². The molecule has 26 heavy (non-hydrogen) atoms. The van der Waals surface area contributed by atoms with Crippen LogP contribution in [0, 0.1) is 6.92 Å². The van der Waals surface area contributed by atoms with E-state index < -0.39 is 16.0 Å². The van der Waals surface area contributed by atoms with Gasteiger partial charge in [0.2, 0.25) is 5.09 Å². The maximum absolute atomic E-state index is 12.6. The predicted octanol–water partition coefficient (Wildman–Crippen LogP) is 1.75. The van der Waals surface area contributed by atoms with Gasteiger partial charge >= 0.3 is 5.97 Å². The lowest BCUT2D eigenvalue weighted by Gasteiger charge is -2.34. The summed E-state index contributed by atoms with van der Waals surface area (Å²) in [5.41, 5.74) is 0.883. The van der Waals surface area contributed by atoms with Gasteiger partial charge in [-0.05, 0) is 37.6 Å². The van der Waals surface area contributed by atoms with Gasteiger partial charge in [0.05, 0.1) is 5.56 Å². The highest BCUT2D eigenvalue weighted by Gasteiger charge is 2.31. The standard InChI is InChI=1S/C17H21N3O5S/c1-3-14-10-13(17(21)22)11-15(18-14)19-6-8-20(9-7-19)26(23,24)16-5-4-12(2)25-16/h4-5,10-11H,3,6-9H2,1-2H3,(H,21,22). The molecule has 140 valence electrons. The summed E-state index contributed by atoms with van der Waals surface area (Å²) in [5.74, 6) is 0.106. The third-order valence-electron chi connectivity index (χ3n) is 4.35. The number of nitrogens with zero attached hydrogens (tertiary/aromatic N) is 3. The highest BCUT2D eigenvalue weighted by molar-refractivity contribution is 7.89. The van der Waals surface area contributed by atoms with E-state index in [1.54, 1.807) is 19.1 Å². The van der Waals surface area contributed by atoms with Gasteiger partial charge < -0.3 is 14.4 Å². The molecule has 0 unspecified atom stereocenters. The van der Waals surface area contributed by atoms with Crippen LogP contribution in [0.1, 0.15) is 28.7 Å². The van der Waals surface area contributed by atoms with Gasteiger partial charge in [-0.25, -0.2) is 18.2 Å². The van der Waals surface area contributed by atoms with Crippen LogP contribution < -0.4 is 4.90 Å². The number of pyridine rings is 1.